The minimum absolute atomic E-state index is 0.00221. The van der Waals surface area contributed by atoms with Crippen molar-refractivity contribution in [1.29, 1.82) is 0 Å². The van der Waals surface area contributed by atoms with Crippen molar-refractivity contribution in [2.45, 2.75) is 12.8 Å². The Morgan fingerprint density at radius 1 is 0.616 bits per heavy atom. The van der Waals surface area contributed by atoms with Crippen LogP contribution in [0.5, 0.6) is 0 Å². The lowest BCUT2D eigenvalue weighted by atomic mass is 10.1. The highest BCUT2D eigenvalue weighted by Crippen LogP contribution is 2.37. The van der Waals surface area contributed by atoms with E-state index < -0.39 is 50.3 Å². The predicted octanol–water partition coefficient (Wildman–Crippen LogP) is 5.98. The fourth-order valence-corrected chi connectivity index (χ4v) is 10.6. The van der Waals surface area contributed by atoms with Gasteiger partial charge in [0.2, 0.25) is 37.8 Å². The molecule has 0 atom stereocenters. The molecule has 382 valence electrons. The Kier molecular flexibility index (Phi) is 17.8. The van der Waals surface area contributed by atoms with Crippen LogP contribution >= 0.6 is 22.7 Å². The van der Waals surface area contributed by atoms with Gasteiger partial charge in [-0.2, -0.15) is 0 Å². The van der Waals surface area contributed by atoms with Gasteiger partial charge < -0.3 is 30.3 Å². The number of anilines is 4. The summed E-state index contributed by atoms with van der Waals surface area (Å²) in [5.41, 5.74) is 3.20. The molecule has 19 nitrogen and oxygen atoms in total. The van der Waals surface area contributed by atoms with Gasteiger partial charge in [0.15, 0.2) is 0 Å². The van der Waals surface area contributed by atoms with Gasteiger partial charge in [0.25, 0.3) is 5.91 Å². The number of benzene rings is 4. The Hall–Kier alpha value is -7.44. The van der Waals surface area contributed by atoms with E-state index in [0.29, 0.717) is 52.2 Å². The van der Waals surface area contributed by atoms with E-state index in [0.717, 1.165) is 35.0 Å². The normalized spacial score (nSPS) is 12.8. The molecular weight excluding hydrogens is 1020 g/mol. The molecule has 7 rings (SSSR count). The molecule has 23 heteroatoms. The van der Waals surface area contributed by atoms with Crippen LogP contribution in [-0.4, -0.2) is 127 Å². The smallest absolute Gasteiger partial charge is 0.350 e. The number of nitrogens with zero attached hydrogens (tertiary/aromatic N) is 2. The van der Waals surface area contributed by atoms with Gasteiger partial charge in [0.05, 0.1) is 56.5 Å². The van der Waals surface area contributed by atoms with Gasteiger partial charge in [-0.1, -0.05) is 78.9 Å². The third-order valence-corrected chi connectivity index (χ3v) is 14.3. The van der Waals surface area contributed by atoms with Crippen molar-refractivity contribution in [1.82, 2.24) is 15.1 Å². The van der Waals surface area contributed by atoms with Crippen LogP contribution < -0.4 is 25.4 Å². The molecule has 0 spiro atoms. The van der Waals surface area contributed by atoms with Gasteiger partial charge >= 0.3 is 11.9 Å². The molecule has 3 heterocycles. The molecule has 5 N–H and O–H groups in total. The second kappa shape index (κ2) is 24.3. The number of esters is 2. The van der Waals surface area contributed by atoms with Crippen molar-refractivity contribution >= 4 is 100 Å². The number of piperazine rings is 1. The Labute approximate surface area is 430 Å². The van der Waals surface area contributed by atoms with Gasteiger partial charge in [-0.25, -0.2) is 26.4 Å². The number of amides is 4. The average molecular weight is 1070 g/mol. The lowest BCUT2D eigenvalue weighted by Gasteiger charge is -2.34. The quantitative estimate of drug-likeness (QED) is 0.0411. The van der Waals surface area contributed by atoms with Crippen LogP contribution in [-0.2, 0) is 50.3 Å². The predicted molar refractivity (Wildman–Crippen MR) is 281 cm³/mol. The van der Waals surface area contributed by atoms with Crippen molar-refractivity contribution in [3.63, 3.8) is 0 Å². The first-order valence-corrected chi connectivity index (χ1v) is 28.0. The zero-order chi connectivity index (χ0) is 52.1. The zero-order valence-electron chi connectivity index (χ0n) is 39.5. The molecule has 1 aliphatic heterocycles. The Morgan fingerprint density at radius 2 is 1.21 bits per heavy atom. The molecule has 0 aliphatic carbocycles. The molecule has 6 aromatic rings. The molecule has 0 unspecified atom stereocenters. The number of thiophene rings is 2. The SMILES string of the molecule is CS(=O)(=O)Nc1cccc(CC(=O)N2CCN(CC(=O)Nc3sc(-c4ccccc4)cc3C(=O)OCCCOC(=O)c3sc(-c4ccccc4)cc3NC(=O)CNC(=O)c3cccc(NS(C)(=O)=O)c3)CC2)c1. The number of nitrogens with one attached hydrogen (secondary N) is 5. The minimum atomic E-state index is -3.59. The van der Waals surface area contributed by atoms with Crippen LogP contribution in [0.25, 0.3) is 20.9 Å². The van der Waals surface area contributed by atoms with E-state index >= 15 is 0 Å². The maximum atomic E-state index is 13.6. The number of hydrogen-bond acceptors (Lipinski definition) is 15. The highest BCUT2D eigenvalue weighted by atomic mass is 32.2. The molecule has 0 saturated carbocycles. The number of carbonyl (C=O) groups excluding carboxylic acids is 6. The fourth-order valence-electron chi connectivity index (χ4n) is 7.46. The van der Waals surface area contributed by atoms with E-state index in [9.17, 15) is 45.6 Å². The highest BCUT2D eigenvalue weighted by molar-refractivity contribution is 7.92. The lowest BCUT2D eigenvalue weighted by Crippen LogP contribution is -2.50. The molecular formula is C50H51N7O12S4. The van der Waals surface area contributed by atoms with Crippen molar-refractivity contribution in [3.05, 3.63) is 143 Å². The Balaban J connectivity index is 0.912. The summed E-state index contributed by atoms with van der Waals surface area (Å²) in [6, 6.07) is 34.2. The molecule has 73 heavy (non-hydrogen) atoms. The van der Waals surface area contributed by atoms with E-state index in [2.05, 4.69) is 25.4 Å². The summed E-state index contributed by atoms with van der Waals surface area (Å²) in [5.74, 6) is -3.22. The molecule has 1 fully saturated rings. The van der Waals surface area contributed by atoms with Crippen molar-refractivity contribution in [2.24, 2.45) is 0 Å². The summed E-state index contributed by atoms with van der Waals surface area (Å²) in [6.07, 6.45) is 2.23. The van der Waals surface area contributed by atoms with Crippen LogP contribution in [0.4, 0.5) is 22.1 Å². The number of sulfonamides is 2. The molecule has 1 aliphatic rings. The maximum absolute atomic E-state index is 13.6. The first-order valence-electron chi connectivity index (χ1n) is 22.6. The molecule has 1 saturated heterocycles. The summed E-state index contributed by atoms with van der Waals surface area (Å²) < 4.78 is 62.5. The summed E-state index contributed by atoms with van der Waals surface area (Å²) in [7, 11) is -7.06. The molecule has 4 amide bonds. The number of rotatable bonds is 21. The fraction of sp³-hybridized carbons (Fsp3) is 0.240. The van der Waals surface area contributed by atoms with Crippen LogP contribution in [0.15, 0.2) is 121 Å². The maximum Gasteiger partial charge on any atom is 0.350 e. The Morgan fingerprint density at radius 3 is 1.84 bits per heavy atom. The average Bonchev–Trinajstić information content (AvgIpc) is 3.97. The second-order valence-electron chi connectivity index (χ2n) is 16.7. The van der Waals surface area contributed by atoms with E-state index in [1.54, 1.807) is 41.3 Å². The van der Waals surface area contributed by atoms with Gasteiger partial charge in [-0.3, -0.25) is 33.5 Å². The van der Waals surface area contributed by atoms with Gasteiger partial charge in [-0.15, -0.1) is 22.7 Å². The van der Waals surface area contributed by atoms with Gasteiger partial charge in [0.1, 0.15) is 9.88 Å². The van der Waals surface area contributed by atoms with Crippen molar-refractivity contribution in [2.75, 3.05) is 85.1 Å². The Bertz CT molecular complexity index is 3210. The standard InChI is InChI=1S/C50H51N7O12S4/c1-72(64,65)54-37-18-9-12-33(26-37)27-45(60)57-22-20-56(21-23-57)32-44(59)53-48-39(29-41(71-48)34-13-5-3-6-14-34)49(62)68-24-11-25-69-50(63)46-40(30-42(70-46)35-15-7-4-8-16-35)52-43(58)31-51-47(61)36-17-10-19-38(28-36)55-73(2,66)67/h3-10,12-19,26,28-30,54-55H,11,20-25,27,31-32H2,1-2H3,(H,51,61)(H,52,58)(H,53,59). The first kappa shape index (κ1) is 53.4. The second-order valence-corrected chi connectivity index (χ2v) is 22.3. The van der Waals surface area contributed by atoms with Crippen LogP contribution in [0, 0.1) is 0 Å². The van der Waals surface area contributed by atoms with E-state index in [1.807, 2.05) is 65.6 Å². The summed E-state index contributed by atoms with van der Waals surface area (Å²) in [4.78, 5) is 84.7. The van der Waals surface area contributed by atoms with E-state index in [1.165, 1.54) is 35.6 Å². The van der Waals surface area contributed by atoms with Crippen LogP contribution in [0.2, 0.25) is 0 Å². The monoisotopic (exact) mass is 1070 g/mol. The van der Waals surface area contributed by atoms with Gasteiger partial charge in [0, 0.05) is 59.3 Å². The van der Waals surface area contributed by atoms with Crippen molar-refractivity contribution < 1.29 is 55.1 Å². The third kappa shape index (κ3) is 16.0. The summed E-state index contributed by atoms with van der Waals surface area (Å²) in [5, 5.41) is 8.34. The molecule has 2 aromatic heterocycles. The number of hydrogen-bond donors (Lipinski definition) is 5. The molecule has 4 aromatic carbocycles. The van der Waals surface area contributed by atoms with Crippen molar-refractivity contribution in [3.8, 4) is 20.9 Å². The summed E-state index contributed by atoms with van der Waals surface area (Å²) in [6.45, 7) is 0.852. The van der Waals surface area contributed by atoms with Crippen LogP contribution in [0.3, 0.4) is 0 Å². The van der Waals surface area contributed by atoms with Gasteiger partial charge in [-0.05, 0) is 59.2 Å². The lowest BCUT2D eigenvalue weighted by molar-refractivity contribution is -0.132. The van der Waals surface area contributed by atoms with E-state index in [-0.39, 0.29) is 71.8 Å². The molecule has 0 radical (unpaired) electrons. The minimum Gasteiger partial charge on any atom is -0.462 e. The summed E-state index contributed by atoms with van der Waals surface area (Å²) >= 11 is 2.31. The first-order chi connectivity index (χ1) is 34.9. The number of ether oxygens (including phenoxy) is 2. The van der Waals surface area contributed by atoms with Crippen LogP contribution in [0.1, 0.15) is 42.4 Å². The topological polar surface area (TPSA) is 256 Å². The van der Waals surface area contributed by atoms with E-state index in [4.69, 9.17) is 9.47 Å². The number of carbonyl (C=O) groups is 6. The molecule has 0 bridgehead atoms. The largest absolute Gasteiger partial charge is 0.462 e. The zero-order valence-corrected chi connectivity index (χ0v) is 42.8. The highest BCUT2D eigenvalue weighted by Gasteiger charge is 2.26. The third-order valence-electron chi connectivity index (χ3n) is 10.8.